The molecule has 0 bridgehead atoms. The van der Waals surface area contributed by atoms with E-state index in [1.807, 2.05) is 6.08 Å². The zero-order chi connectivity index (χ0) is 12.0. The van der Waals surface area contributed by atoms with Gasteiger partial charge in [-0.1, -0.05) is 31.9 Å². The second-order valence-electron chi connectivity index (χ2n) is 4.23. The maximum Gasteiger partial charge on any atom is 0.237 e. The fourth-order valence-electron chi connectivity index (χ4n) is 1.91. The van der Waals surface area contributed by atoms with Gasteiger partial charge in [0, 0.05) is 13.0 Å². The lowest BCUT2D eigenvalue weighted by molar-refractivity contribution is -0.127. The highest BCUT2D eigenvalue weighted by molar-refractivity contribution is 6.06. The lowest BCUT2D eigenvalue weighted by Gasteiger charge is -2.19. The van der Waals surface area contributed by atoms with Gasteiger partial charge in [-0.3, -0.25) is 14.9 Å². The highest BCUT2D eigenvalue weighted by atomic mass is 16.3. The standard InChI is InChI=1S/C12H19NO3/c1-2-3-4-5-6-12(7-8-14)9-10(15)13-11(12)16/h5-6,14H,2-4,7-9H2,1H3,(H,13,15,16). The Morgan fingerprint density at radius 2 is 2.25 bits per heavy atom. The highest BCUT2D eigenvalue weighted by Crippen LogP contribution is 2.33. The maximum absolute atomic E-state index is 11.7. The minimum atomic E-state index is -0.806. The number of hydrogen-bond acceptors (Lipinski definition) is 3. The van der Waals surface area contributed by atoms with Crippen LogP contribution in [-0.4, -0.2) is 23.5 Å². The van der Waals surface area contributed by atoms with Gasteiger partial charge in [0.05, 0.1) is 5.41 Å². The molecule has 0 radical (unpaired) electrons. The quantitative estimate of drug-likeness (QED) is 0.405. The van der Waals surface area contributed by atoms with Crippen molar-refractivity contribution in [3.05, 3.63) is 12.2 Å². The van der Waals surface area contributed by atoms with Crippen LogP contribution in [0.25, 0.3) is 0 Å². The van der Waals surface area contributed by atoms with E-state index in [0.717, 1.165) is 19.3 Å². The summed E-state index contributed by atoms with van der Waals surface area (Å²) in [5.41, 5.74) is -0.806. The first-order valence-electron chi connectivity index (χ1n) is 5.77. The van der Waals surface area contributed by atoms with Gasteiger partial charge in [-0.25, -0.2) is 0 Å². The molecule has 0 aliphatic carbocycles. The van der Waals surface area contributed by atoms with Crippen LogP contribution in [0.2, 0.25) is 0 Å². The van der Waals surface area contributed by atoms with Gasteiger partial charge in [0.2, 0.25) is 11.8 Å². The summed E-state index contributed by atoms with van der Waals surface area (Å²) in [7, 11) is 0. The smallest absolute Gasteiger partial charge is 0.237 e. The number of allylic oxidation sites excluding steroid dienone is 1. The van der Waals surface area contributed by atoms with Crippen LogP contribution in [0.15, 0.2) is 12.2 Å². The Bertz CT molecular complexity index is 299. The molecular formula is C12H19NO3. The van der Waals surface area contributed by atoms with Crippen molar-refractivity contribution in [2.75, 3.05) is 6.61 Å². The molecule has 1 saturated heterocycles. The molecule has 2 N–H and O–H groups in total. The van der Waals surface area contributed by atoms with Gasteiger partial charge in [-0.2, -0.15) is 0 Å². The van der Waals surface area contributed by atoms with Crippen LogP contribution >= 0.6 is 0 Å². The Morgan fingerprint density at radius 1 is 1.50 bits per heavy atom. The third-order valence-corrected chi connectivity index (χ3v) is 2.90. The van der Waals surface area contributed by atoms with Crippen molar-refractivity contribution < 1.29 is 14.7 Å². The van der Waals surface area contributed by atoms with Crippen LogP contribution in [0.4, 0.5) is 0 Å². The Kier molecular flexibility index (Phi) is 4.68. The molecule has 1 fully saturated rings. The molecule has 1 atom stereocenters. The van der Waals surface area contributed by atoms with Gasteiger partial charge in [-0.15, -0.1) is 0 Å². The van der Waals surface area contributed by atoms with E-state index >= 15 is 0 Å². The molecule has 4 nitrogen and oxygen atoms in total. The molecule has 1 rings (SSSR count). The van der Waals surface area contributed by atoms with E-state index in [2.05, 4.69) is 12.2 Å². The lowest BCUT2D eigenvalue weighted by atomic mass is 9.82. The topological polar surface area (TPSA) is 66.4 Å². The van der Waals surface area contributed by atoms with Crippen LogP contribution in [0.1, 0.15) is 39.0 Å². The molecule has 2 amide bonds. The lowest BCUT2D eigenvalue weighted by Crippen LogP contribution is -2.30. The summed E-state index contributed by atoms with van der Waals surface area (Å²) in [6.45, 7) is 2.02. The van der Waals surface area contributed by atoms with E-state index in [-0.39, 0.29) is 24.8 Å². The van der Waals surface area contributed by atoms with Crippen LogP contribution in [0, 0.1) is 5.41 Å². The van der Waals surface area contributed by atoms with Crippen LogP contribution in [0.5, 0.6) is 0 Å². The van der Waals surface area contributed by atoms with Crippen molar-refractivity contribution in [3.63, 3.8) is 0 Å². The molecule has 4 heteroatoms. The van der Waals surface area contributed by atoms with Gasteiger partial charge in [0.15, 0.2) is 0 Å². The Hall–Kier alpha value is -1.16. The molecule has 90 valence electrons. The minimum Gasteiger partial charge on any atom is -0.396 e. The van der Waals surface area contributed by atoms with Crippen molar-refractivity contribution in [2.45, 2.75) is 39.0 Å². The zero-order valence-electron chi connectivity index (χ0n) is 9.66. The van der Waals surface area contributed by atoms with Crippen molar-refractivity contribution in [1.29, 1.82) is 0 Å². The SMILES string of the molecule is CCCCC=CC1(CCO)CC(=O)NC1=O. The number of amides is 2. The fourth-order valence-corrected chi connectivity index (χ4v) is 1.91. The number of carbonyl (C=O) groups is 2. The van der Waals surface area contributed by atoms with Crippen molar-refractivity contribution in [1.82, 2.24) is 5.32 Å². The van der Waals surface area contributed by atoms with E-state index in [1.54, 1.807) is 6.08 Å². The average Bonchev–Trinajstić information content (AvgIpc) is 2.50. The van der Waals surface area contributed by atoms with Gasteiger partial charge < -0.3 is 5.11 Å². The Labute approximate surface area is 95.7 Å². The molecule has 0 spiro atoms. The van der Waals surface area contributed by atoms with E-state index in [4.69, 9.17) is 5.11 Å². The summed E-state index contributed by atoms with van der Waals surface area (Å²) in [6.07, 6.45) is 7.29. The molecule has 0 aromatic rings. The van der Waals surface area contributed by atoms with Gasteiger partial charge in [0.25, 0.3) is 0 Å². The van der Waals surface area contributed by atoms with Gasteiger partial charge in [0.1, 0.15) is 0 Å². The average molecular weight is 225 g/mol. The number of imide groups is 1. The van der Waals surface area contributed by atoms with Crippen LogP contribution < -0.4 is 5.32 Å². The molecule has 0 aromatic carbocycles. The number of nitrogens with one attached hydrogen (secondary N) is 1. The third-order valence-electron chi connectivity index (χ3n) is 2.90. The summed E-state index contributed by atoms with van der Waals surface area (Å²) < 4.78 is 0. The first-order chi connectivity index (χ1) is 7.64. The zero-order valence-corrected chi connectivity index (χ0v) is 9.66. The van der Waals surface area contributed by atoms with Crippen molar-refractivity contribution in [2.24, 2.45) is 5.41 Å². The normalized spacial score (nSPS) is 25.4. The summed E-state index contributed by atoms with van der Waals surface area (Å²) in [4.78, 5) is 22.9. The number of aliphatic hydroxyl groups is 1. The fraction of sp³-hybridized carbons (Fsp3) is 0.667. The Balaban J connectivity index is 2.69. The molecule has 1 aliphatic rings. The van der Waals surface area contributed by atoms with Crippen LogP contribution in [-0.2, 0) is 9.59 Å². The first-order valence-corrected chi connectivity index (χ1v) is 5.77. The largest absolute Gasteiger partial charge is 0.396 e. The molecule has 16 heavy (non-hydrogen) atoms. The van der Waals surface area contributed by atoms with E-state index in [9.17, 15) is 9.59 Å². The molecule has 1 unspecified atom stereocenters. The highest BCUT2D eigenvalue weighted by Gasteiger charge is 2.43. The Morgan fingerprint density at radius 3 is 2.75 bits per heavy atom. The van der Waals surface area contributed by atoms with Gasteiger partial charge in [-0.05, 0) is 12.8 Å². The molecule has 0 saturated carbocycles. The minimum absolute atomic E-state index is 0.0845. The summed E-state index contributed by atoms with van der Waals surface area (Å²) in [6, 6.07) is 0. The first kappa shape index (κ1) is 12.9. The maximum atomic E-state index is 11.7. The molecule has 1 aliphatic heterocycles. The predicted octanol–water partition coefficient (Wildman–Crippen LogP) is 1.15. The monoisotopic (exact) mass is 225 g/mol. The van der Waals surface area contributed by atoms with Crippen molar-refractivity contribution in [3.8, 4) is 0 Å². The van der Waals surface area contributed by atoms with Gasteiger partial charge >= 0.3 is 0 Å². The van der Waals surface area contributed by atoms with E-state index in [1.165, 1.54) is 0 Å². The number of carbonyl (C=O) groups excluding carboxylic acids is 2. The number of hydrogen-bond donors (Lipinski definition) is 2. The molecule has 1 heterocycles. The molecule has 0 aromatic heterocycles. The van der Waals surface area contributed by atoms with Crippen LogP contribution in [0.3, 0.4) is 0 Å². The second kappa shape index (κ2) is 5.80. The second-order valence-corrected chi connectivity index (χ2v) is 4.23. The van der Waals surface area contributed by atoms with Crippen molar-refractivity contribution >= 4 is 11.8 Å². The number of unbranched alkanes of at least 4 members (excludes halogenated alkanes) is 2. The summed E-state index contributed by atoms with van der Waals surface area (Å²) in [5.74, 6) is -0.530. The number of aliphatic hydroxyl groups excluding tert-OH is 1. The van der Waals surface area contributed by atoms with E-state index in [0.29, 0.717) is 6.42 Å². The number of rotatable bonds is 6. The predicted molar refractivity (Wildman–Crippen MR) is 60.6 cm³/mol. The third kappa shape index (κ3) is 2.92. The summed E-state index contributed by atoms with van der Waals surface area (Å²) in [5, 5.41) is 11.3. The molecular weight excluding hydrogens is 206 g/mol. The summed E-state index contributed by atoms with van der Waals surface area (Å²) >= 11 is 0. The van der Waals surface area contributed by atoms with E-state index < -0.39 is 5.41 Å².